The first-order chi connectivity index (χ1) is 9.22. The molecule has 0 aliphatic heterocycles. The number of aryl methyl sites for hydroxylation is 1. The van der Waals surface area contributed by atoms with E-state index in [1.807, 2.05) is 24.3 Å². The molecule has 19 heavy (non-hydrogen) atoms. The molecule has 0 aliphatic carbocycles. The summed E-state index contributed by atoms with van der Waals surface area (Å²) in [6.45, 7) is 4.28. The molecule has 0 heterocycles. The van der Waals surface area contributed by atoms with Crippen LogP contribution in [-0.2, 0) is 6.42 Å². The van der Waals surface area contributed by atoms with Gasteiger partial charge in [0.2, 0.25) is 0 Å². The maximum absolute atomic E-state index is 8.89. The largest absolute Gasteiger partial charge is 0.378 e. The Morgan fingerprint density at radius 2 is 1.89 bits per heavy atom. The lowest BCUT2D eigenvalue weighted by Crippen LogP contribution is -2.06. The van der Waals surface area contributed by atoms with Gasteiger partial charge in [0.15, 0.2) is 0 Å². The van der Waals surface area contributed by atoms with E-state index in [-0.39, 0.29) is 6.04 Å². The van der Waals surface area contributed by atoms with Gasteiger partial charge >= 0.3 is 0 Å². The topological polar surface area (TPSA) is 35.8 Å². The molecular weight excluding hydrogens is 232 g/mol. The van der Waals surface area contributed by atoms with Gasteiger partial charge in [0.25, 0.3) is 0 Å². The minimum atomic E-state index is 0.222. The monoisotopic (exact) mass is 250 g/mol. The number of rotatable bonds is 4. The number of hydrogen-bond donors (Lipinski definition) is 1. The lowest BCUT2D eigenvalue weighted by molar-refractivity contribution is 0.882. The molecular formula is C17H18N2. The molecule has 2 aromatic rings. The normalized spacial score (nSPS) is 11.6. The summed E-state index contributed by atoms with van der Waals surface area (Å²) in [6, 6.07) is 18.6. The van der Waals surface area contributed by atoms with Gasteiger partial charge < -0.3 is 5.32 Å². The van der Waals surface area contributed by atoms with E-state index < -0.39 is 0 Å². The lowest BCUT2D eigenvalue weighted by atomic mass is 10.0. The molecule has 0 fully saturated rings. The highest BCUT2D eigenvalue weighted by molar-refractivity contribution is 5.50. The number of nitrogens with zero attached hydrogens (tertiary/aromatic N) is 1. The van der Waals surface area contributed by atoms with Crippen molar-refractivity contribution in [2.75, 3.05) is 5.32 Å². The Bertz CT molecular complexity index is 579. The summed E-state index contributed by atoms with van der Waals surface area (Å²) in [5.41, 5.74) is 4.26. The maximum Gasteiger partial charge on any atom is 0.0992 e. The van der Waals surface area contributed by atoms with E-state index in [1.165, 1.54) is 11.1 Å². The van der Waals surface area contributed by atoms with Gasteiger partial charge in [-0.15, -0.1) is 0 Å². The van der Waals surface area contributed by atoms with E-state index in [9.17, 15) is 0 Å². The zero-order valence-corrected chi connectivity index (χ0v) is 11.4. The van der Waals surface area contributed by atoms with Crippen LogP contribution in [0.4, 0.5) is 5.69 Å². The van der Waals surface area contributed by atoms with Crippen molar-refractivity contribution >= 4 is 5.69 Å². The van der Waals surface area contributed by atoms with Crippen molar-refractivity contribution < 1.29 is 0 Å². The fourth-order valence-electron chi connectivity index (χ4n) is 2.05. The van der Waals surface area contributed by atoms with E-state index >= 15 is 0 Å². The Labute approximate surface area is 114 Å². The zero-order chi connectivity index (χ0) is 13.7. The molecule has 0 aromatic heterocycles. The van der Waals surface area contributed by atoms with Crippen LogP contribution in [0.3, 0.4) is 0 Å². The predicted octanol–water partition coefficient (Wildman–Crippen LogP) is 4.29. The Hall–Kier alpha value is -2.27. The molecule has 0 bridgehead atoms. The van der Waals surface area contributed by atoms with Crippen molar-refractivity contribution in [2.24, 2.45) is 0 Å². The van der Waals surface area contributed by atoms with Crippen LogP contribution in [0.5, 0.6) is 0 Å². The third-order valence-corrected chi connectivity index (χ3v) is 3.26. The summed E-state index contributed by atoms with van der Waals surface area (Å²) >= 11 is 0. The second-order valence-corrected chi connectivity index (χ2v) is 4.65. The minimum Gasteiger partial charge on any atom is -0.378 e. The number of hydrogen-bond acceptors (Lipinski definition) is 2. The highest BCUT2D eigenvalue weighted by Crippen LogP contribution is 2.20. The van der Waals surface area contributed by atoms with E-state index in [2.05, 4.69) is 49.5 Å². The number of nitrogens with one attached hydrogen (secondary N) is 1. The number of benzene rings is 2. The standard InChI is InChI=1S/C17H18N2/c1-3-14-7-9-16(10-8-14)13(2)19-17-6-4-5-15(11-17)12-18/h4-11,13,19H,3H2,1-2H3. The molecule has 0 saturated heterocycles. The molecule has 96 valence electrons. The van der Waals surface area contributed by atoms with Gasteiger partial charge in [-0.1, -0.05) is 37.3 Å². The smallest absolute Gasteiger partial charge is 0.0992 e. The van der Waals surface area contributed by atoms with Gasteiger partial charge in [0, 0.05) is 11.7 Å². The Morgan fingerprint density at radius 1 is 1.16 bits per heavy atom. The summed E-state index contributed by atoms with van der Waals surface area (Å²) in [5, 5.41) is 12.3. The van der Waals surface area contributed by atoms with Crippen molar-refractivity contribution in [1.29, 1.82) is 5.26 Å². The molecule has 2 aromatic carbocycles. The highest BCUT2D eigenvalue weighted by Gasteiger charge is 2.05. The SMILES string of the molecule is CCc1ccc(C(C)Nc2cccc(C#N)c2)cc1. The molecule has 2 nitrogen and oxygen atoms in total. The third-order valence-electron chi connectivity index (χ3n) is 3.26. The second-order valence-electron chi connectivity index (χ2n) is 4.65. The molecule has 0 amide bonds. The molecule has 0 radical (unpaired) electrons. The van der Waals surface area contributed by atoms with Crippen molar-refractivity contribution in [2.45, 2.75) is 26.3 Å². The van der Waals surface area contributed by atoms with Crippen LogP contribution >= 0.6 is 0 Å². The third kappa shape index (κ3) is 3.35. The van der Waals surface area contributed by atoms with Crippen LogP contribution in [-0.4, -0.2) is 0 Å². The fraction of sp³-hybridized carbons (Fsp3) is 0.235. The molecule has 0 aliphatic rings. The molecule has 1 N–H and O–H groups in total. The van der Waals surface area contributed by atoms with E-state index in [1.54, 1.807) is 0 Å². The summed E-state index contributed by atoms with van der Waals surface area (Å²) in [4.78, 5) is 0. The lowest BCUT2D eigenvalue weighted by Gasteiger charge is -2.16. The van der Waals surface area contributed by atoms with E-state index in [4.69, 9.17) is 5.26 Å². The summed E-state index contributed by atoms with van der Waals surface area (Å²) in [5.74, 6) is 0. The summed E-state index contributed by atoms with van der Waals surface area (Å²) < 4.78 is 0. The average molecular weight is 250 g/mol. The van der Waals surface area contributed by atoms with Crippen LogP contribution in [0, 0.1) is 11.3 Å². The molecule has 0 spiro atoms. The second kappa shape index (κ2) is 6.06. The first-order valence-electron chi connectivity index (χ1n) is 6.58. The van der Waals surface area contributed by atoms with E-state index in [0.29, 0.717) is 5.56 Å². The first kappa shape index (κ1) is 13.2. The quantitative estimate of drug-likeness (QED) is 0.878. The molecule has 1 unspecified atom stereocenters. The van der Waals surface area contributed by atoms with Crippen LogP contribution in [0.15, 0.2) is 48.5 Å². The molecule has 2 heteroatoms. The molecule has 2 rings (SSSR count). The van der Waals surface area contributed by atoms with E-state index in [0.717, 1.165) is 12.1 Å². The van der Waals surface area contributed by atoms with Crippen molar-refractivity contribution in [3.63, 3.8) is 0 Å². The van der Waals surface area contributed by atoms with Gasteiger partial charge in [-0.3, -0.25) is 0 Å². The highest BCUT2D eigenvalue weighted by atomic mass is 14.9. The minimum absolute atomic E-state index is 0.222. The molecule has 0 saturated carbocycles. The summed E-state index contributed by atoms with van der Waals surface area (Å²) in [6.07, 6.45) is 1.06. The van der Waals surface area contributed by atoms with Crippen LogP contribution < -0.4 is 5.32 Å². The first-order valence-corrected chi connectivity index (χ1v) is 6.58. The van der Waals surface area contributed by atoms with Gasteiger partial charge in [-0.25, -0.2) is 0 Å². The van der Waals surface area contributed by atoms with Gasteiger partial charge in [-0.05, 0) is 42.7 Å². The van der Waals surface area contributed by atoms with Crippen molar-refractivity contribution in [1.82, 2.24) is 0 Å². The van der Waals surface area contributed by atoms with Gasteiger partial charge in [-0.2, -0.15) is 5.26 Å². The average Bonchev–Trinajstić information content (AvgIpc) is 2.47. The van der Waals surface area contributed by atoms with Gasteiger partial charge in [0.1, 0.15) is 0 Å². The maximum atomic E-state index is 8.89. The Kier molecular flexibility index (Phi) is 4.20. The zero-order valence-electron chi connectivity index (χ0n) is 11.4. The number of anilines is 1. The predicted molar refractivity (Wildman–Crippen MR) is 79.0 cm³/mol. The van der Waals surface area contributed by atoms with Crippen molar-refractivity contribution in [3.8, 4) is 6.07 Å². The van der Waals surface area contributed by atoms with Crippen LogP contribution in [0.1, 0.15) is 36.6 Å². The Morgan fingerprint density at radius 3 is 2.53 bits per heavy atom. The number of nitriles is 1. The van der Waals surface area contributed by atoms with Crippen LogP contribution in [0.25, 0.3) is 0 Å². The van der Waals surface area contributed by atoms with Gasteiger partial charge in [0.05, 0.1) is 11.6 Å². The molecule has 1 atom stereocenters. The van der Waals surface area contributed by atoms with Crippen LogP contribution in [0.2, 0.25) is 0 Å². The fourth-order valence-corrected chi connectivity index (χ4v) is 2.05. The Balaban J connectivity index is 2.11. The summed E-state index contributed by atoms with van der Waals surface area (Å²) in [7, 11) is 0. The van der Waals surface area contributed by atoms with Crippen molar-refractivity contribution in [3.05, 3.63) is 65.2 Å².